The van der Waals surface area contributed by atoms with E-state index in [-0.39, 0.29) is 5.41 Å². The average molecular weight is 244 g/mol. The minimum Gasteiger partial charge on any atom is -0.507 e. The number of phenolic OH excluding ortho intramolecular Hbond substituents is 1. The summed E-state index contributed by atoms with van der Waals surface area (Å²) >= 11 is 0. The van der Waals surface area contributed by atoms with Gasteiger partial charge in [-0.3, -0.25) is 0 Å². The first kappa shape index (κ1) is 12.7. The normalized spacial score (nSPS) is 11.8. The molecule has 0 saturated heterocycles. The van der Waals surface area contributed by atoms with Crippen molar-refractivity contribution in [3.63, 3.8) is 0 Å². The second kappa shape index (κ2) is 4.52. The molecule has 0 radical (unpaired) electrons. The van der Waals surface area contributed by atoms with Crippen LogP contribution in [0.15, 0.2) is 34.9 Å². The van der Waals surface area contributed by atoms with Gasteiger partial charge in [0.15, 0.2) is 0 Å². The number of furan rings is 1. The van der Waals surface area contributed by atoms with Gasteiger partial charge >= 0.3 is 0 Å². The fourth-order valence-corrected chi connectivity index (χ4v) is 2.16. The molecule has 1 aromatic carbocycles. The summed E-state index contributed by atoms with van der Waals surface area (Å²) in [6.45, 7) is 8.38. The van der Waals surface area contributed by atoms with Crippen molar-refractivity contribution in [2.45, 2.75) is 39.5 Å². The summed E-state index contributed by atoms with van der Waals surface area (Å²) in [5.41, 5.74) is 3.02. The van der Waals surface area contributed by atoms with E-state index in [4.69, 9.17) is 4.42 Å². The Hall–Kier alpha value is -1.70. The Bertz CT molecular complexity index is 531. The molecule has 0 fully saturated rings. The molecule has 0 saturated carbocycles. The Morgan fingerprint density at radius 3 is 2.50 bits per heavy atom. The smallest absolute Gasteiger partial charge is 0.122 e. The Morgan fingerprint density at radius 1 is 1.22 bits per heavy atom. The van der Waals surface area contributed by atoms with Crippen LogP contribution in [-0.2, 0) is 11.8 Å². The topological polar surface area (TPSA) is 33.4 Å². The predicted octanol–water partition coefficient (Wildman–Crippen LogP) is 4.18. The number of phenols is 1. The van der Waals surface area contributed by atoms with Crippen molar-refractivity contribution in [1.82, 2.24) is 0 Å². The molecule has 1 aromatic heterocycles. The largest absolute Gasteiger partial charge is 0.507 e. The lowest BCUT2D eigenvalue weighted by molar-refractivity contribution is 0.437. The van der Waals surface area contributed by atoms with E-state index in [1.54, 1.807) is 6.26 Å². The van der Waals surface area contributed by atoms with Crippen molar-refractivity contribution < 1.29 is 9.52 Å². The van der Waals surface area contributed by atoms with Crippen LogP contribution in [0.3, 0.4) is 0 Å². The molecule has 1 heterocycles. The van der Waals surface area contributed by atoms with Crippen LogP contribution in [0, 0.1) is 6.92 Å². The monoisotopic (exact) mass is 244 g/mol. The Balaban J connectivity index is 2.45. The predicted molar refractivity (Wildman–Crippen MR) is 73.1 cm³/mol. The number of hydrogen-bond donors (Lipinski definition) is 1. The van der Waals surface area contributed by atoms with Crippen molar-refractivity contribution in [1.29, 1.82) is 0 Å². The molecule has 2 nitrogen and oxygen atoms in total. The van der Waals surface area contributed by atoms with Crippen LogP contribution in [0.1, 0.15) is 43.2 Å². The van der Waals surface area contributed by atoms with E-state index in [1.807, 2.05) is 18.2 Å². The Morgan fingerprint density at radius 2 is 1.94 bits per heavy atom. The highest BCUT2D eigenvalue weighted by Crippen LogP contribution is 2.35. The summed E-state index contributed by atoms with van der Waals surface area (Å²) in [4.78, 5) is 0. The molecule has 18 heavy (non-hydrogen) atoms. The molecule has 0 aliphatic heterocycles. The van der Waals surface area contributed by atoms with Crippen molar-refractivity contribution >= 4 is 0 Å². The number of aromatic hydroxyl groups is 1. The van der Waals surface area contributed by atoms with Gasteiger partial charge in [-0.2, -0.15) is 0 Å². The van der Waals surface area contributed by atoms with E-state index < -0.39 is 0 Å². The standard InChI is InChI=1S/C16H20O2/c1-11-8-12(10-13-6-5-7-18-13)15(17)14(9-11)16(2,3)4/h5-9,17H,10H2,1-4H3. The molecular formula is C16H20O2. The second-order valence-corrected chi connectivity index (χ2v) is 5.83. The van der Waals surface area contributed by atoms with Crippen LogP contribution in [0.2, 0.25) is 0 Å². The fourth-order valence-electron chi connectivity index (χ4n) is 2.16. The highest BCUT2D eigenvalue weighted by molar-refractivity contribution is 5.47. The third-order valence-corrected chi connectivity index (χ3v) is 3.09. The highest BCUT2D eigenvalue weighted by Gasteiger charge is 2.21. The first-order valence-corrected chi connectivity index (χ1v) is 6.23. The lowest BCUT2D eigenvalue weighted by Crippen LogP contribution is -2.12. The van der Waals surface area contributed by atoms with Gasteiger partial charge in [-0.1, -0.05) is 38.5 Å². The molecule has 1 N–H and O–H groups in total. The molecule has 2 heteroatoms. The molecule has 0 spiro atoms. The molecule has 0 unspecified atom stereocenters. The fraction of sp³-hybridized carbons (Fsp3) is 0.375. The summed E-state index contributed by atoms with van der Waals surface area (Å²) in [7, 11) is 0. The van der Waals surface area contributed by atoms with E-state index in [9.17, 15) is 5.11 Å². The summed E-state index contributed by atoms with van der Waals surface area (Å²) in [6.07, 6.45) is 2.29. The van der Waals surface area contributed by atoms with Gasteiger partial charge in [0.25, 0.3) is 0 Å². The summed E-state index contributed by atoms with van der Waals surface area (Å²) < 4.78 is 5.35. The minimum atomic E-state index is -0.0615. The van der Waals surface area contributed by atoms with Gasteiger partial charge in [-0.25, -0.2) is 0 Å². The summed E-state index contributed by atoms with van der Waals surface area (Å²) in [5.74, 6) is 1.26. The SMILES string of the molecule is Cc1cc(Cc2ccco2)c(O)c(C(C)(C)C)c1. The first-order valence-electron chi connectivity index (χ1n) is 6.23. The molecule has 0 aliphatic carbocycles. The zero-order valence-corrected chi connectivity index (χ0v) is 11.4. The van der Waals surface area contributed by atoms with Gasteiger partial charge in [0.05, 0.1) is 6.26 Å². The first-order chi connectivity index (χ1) is 8.38. The van der Waals surface area contributed by atoms with Gasteiger partial charge in [0.2, 0.25) is 0 Å². The molecule has 0 bridgehead atoms. The van der Waals surface area contributed by atoms with Crippen LogP contribution in [0.5, 0.6) is 5.75 Å². The number of hydrogen-bond acceptors (Lipinski definition) is 2. The van der Waals surface area contributed by atoms with Crippen LogP contribution >= 0.6 is 0 Å². The lowest BCUT2D eigenvalue weighted by Gasteiger charge is -2.22. The number of rotatable bonds is 2. The molecular weight excluding hydrogens is 224 g/mol. The maximum Gasteiger partial charge on any atom is 0.122 e. The maximum absolute atomic E-state index is 10.4. The van der Waals surface area contributed by atoms with Gasteiger partial charge in [-0.05, 0) is 30.0 Å². The quantitative estimate of drug-likeness (QED) is 0.859. The number of benzene rings is 1. The van der Waals surface area contributed by atoms with E-state index in [2.05, 4.69) is 33.8 Å². The van der Waals surface area contributed by atoms with E-state index in [1.165, 1.54) is 5.56 Å². The minimum absolute atomic E-state index is 0.0615. The van der Waals surface area contributed by atoms with Gasteiger partial charge in [0, 0.05) is 12.0 Å². The molecule has 0 aliphatic rings. The van der Waals surface area contributed by atoms with Crippen molar-refractivity contribution in [2.75, 3.05) is 0 Å². The van der Waals surface area contributed by atoms with E-state index in [0.29, 0.717) is 12.2 Å². The molecule has 2 aromatic rings. The number of aryl methyl sites for hydroxylation is 1. The molecule has 2 rings (SSSR count). The van der Waals surface area contributed by atoms with Crippen LogP contribution in [0.25, 0.3) is 0 Å². The van der Waals surface area contributed by atoms with Crippen LogP contribution < -0.4 is 0 Å². The van der Waals surface area contributed by atoms with Gasteiger partial charge < -0.3 is 9.52 Å². The zero-order chi connectivity index (χ0) is 13.3. The zero-order valence-electron chi connectivity index (χ0n) is 11.4. The van der Waals surface area contributed by atoms with Crippen molar-refractivity contribution in [3.05, 3.63) is 53.0 Å². The molecule has 96 valence electrons. The van der Waals surface area contributed by atoms with Gasteiger partial charge in [-0.15, -0.1) is 0 Å². The summed E-state index contributed by atoms with van der Waals surface area (Å²) in [6, 6.07) is 7.87. The van der Waals surface area contributed by atoms with Crippen molar-refractivity contribution in [2.24, 2.45) is 0 Å². The maximum atomic E-state index is 10.4. The highest BCUT2D eigenvalue weighted by atomic mass is 16.3. The molecule has 0 amide bonds. The van der Waals surface area contributed by atoms with Crippen LogP contribution in [-0.4, -0.2) is 5.11 Å². The van der Waals surface area contributed by atoms with E-state index >= 15 is 0 Å². The lowest BCUT2D eigenvalue weighted by atomic mass is 9.83. The Labute approximate surface area is 108 Å². The van der Waals surface area contributed by atoms with Gasteiger partial charge in [0.1, 0.15) is 11.5 Å². The molecule has 0 atom stereocenters. The van der Waals surface area contributed by atoms with Crippen LogP contribution in [0.4, 0.5) is 0 Å². The third kappa shape index (κ3) is 2.58. The third-order valence-electron chi connectivity index (χ3n) is 3.09. The average Bonchev–Trinajstić information content (AvgIpc) is 2.74. The Kier molecular flexibility index (Phi) is 3.20. The van der Waals surface area contributed by atoms with E-state index in [0.717, 1.165) is 16.9 Å². The second-order valence-electron chi connectivity index (χ2n) is 5.83. The van der Waals surface area contributed by atoms with Crippen molar-refractivity contribution in [3.8, 4) is 5.75 Å². The summed E-state index contributed by atoms with van der Waals surface area (Å²) in [5, 5.41) is 10.4.